The van der Waals surface area contributed by atoms with Crippen molar-refractivity contribution in [2.75, 3.05) is 14.2 Å². The number of aliphatic carboxylic acids is 4. The summed E-state index contributed by atoms with van der Waals surface area (Å²) >= 11 is 0. The molecule has 2 N–H and O–H groups in total. The normalized spacial score (nSPS) is 9.86. The number of carbonyl (C=O) groups excluding carboxylic acids is 4. The summed E-state index contributed by atoms with van der Waals surface area (Å²) in [5.41, 5.74) is 16.1. The van der Waals surface area contributed by atoms with E-state index in [2.05, 4.69) is 311 Å². The minimum absolute atomic E-state index is 0. The van der Waals surface area contributed by atoms with Gasteiger partial charge in [-0.2, -0.15) is 52.7 Å². The van der Waals surface area contributed by atoms with Crippen LogP contribution in [-0.2, 0) is 59.4 Å². The van der Waals surface area contributed by atoms with Crippen molar-refractivity contribution in [3.63, 3.8) is 0 Å². The van der Waals surface area contributed by atoms with E-state index < -0.39 is 80.3 Å². The number of carbonyl (C=O) groups is 4. The van der Waals surface area contributed by atoms with Crippen LogP contribution in [0.25, 0.3) is 0 Å². The topological polar surface area (TPSA) is 365 Å². The molecule has 20 nitrogen and oxygen atoms in total. The molecule has 0 aliphatic heterocycles. The van der Waals surface area contributed by atoms with Gasteiger partial charge in [-0.05, 0) is 91.0 Å². The van der Waals surface area contributed by atoms with E-state index in [0.29, 0.717) is 0 Å². The predicted molar refractivity (Wildman–Crippen MR) is 410 cm³/mol. The van der Waals surface area contributed by atoms with E-state index >= 15 is 0 Å². The molecule has 0 aliphatic carbocycles. The number of nitrogens with zero attached hydrogens (tertiary/aromatic N) is 6. The molecule has 12 aromatic rings. The molecule has 4 radical (unpaired) electrons. The predicted octanol–water partition coefficient (Wildman–Crippen LogP) is 6.94. The van der Waals surface area contributed by atoms with Gasteiger partial charge in [0.1, 0.15) is 35.1 Å². The van der Waals surface area contributed by atoms with Gasteiger partial charge in [0, 0.05) is 121 Å². The Morgan fingerprint density at radius 2 is 0.336 bits per heavy atom. The number of hydrogen-bond acceptors (Lipinski definition) is 18. The van der Waals surface area contributed by atoms with Gasteiger partial charge in [0.2, 0.25) is 0 Å². The Balaban J connectivity index is -0.00000128. The molecule has 38 heteroatoms. The van der Waals surface area contributed by atoms with Gasteiger partial charge in [-0.3, -0.25) is 19.9 Å². The number of alkyl halides is 12. The molecular formula is C78H64F12N6O14P4Tc2-4. The number of benzene rings is 8. The molecule has 4 heterocycles. The summed E-state index contributed by atoms with van der Waals surface area (Å²) in [6.07, 6.45) is -13.3. The van der Waals surface area contributed by atoms with Crippen molar-refractivity contribution in [1.29, 1.82) is 0 Å². The average molecular weight is 1860 g/mol. The van der Waals surface area contributed by atoms with Crippen LogP contribution < -0.4 is 95.8 Å². The fourth-order valence-corrected chi connectivity index (χ4v) is 17.0. The van der Waals surface area contributed by atoms with Crippen LogP contribution in [0.15, 0.2) is 340 Å². The van der Waals surface area contributed by atoms with Crippen molar-refractivity contribution in [3.05, 3.63) is 360 Å². The summed E-state index contributed by atoms with van der Waals surface area (Å²) in [6.45, 7) is 0. The number of nitroso groups, excluding NO2 is 2. The number of carboxylic acids is 4. The zero-order valence-corrected chi connectivity index (χ0v) is 67.2. The first kappa shape index (κ1) is 109. The molecule has 0 saturated carbocycles. The first-order valence-electron chi connectivity index (χ1n) is 31.4. The molecule has 0 atom stereocenters. The van der Waals surface area contributed by atoms with E-state index in [1.165, 1.54) is 42.4 Å². The molecule has 0 saturated heterocycles. The van der Waals surface area contributed by atoms with Crippen molar-refractivity contribution in [2.24, 2.45) is 0 Å². The zero-order valence-electron chi connectivity index (χ0n) is 59.9. The van der Waals surface area contributed by atoms with E-state index in [1.807, 2.05) is 49.1 Å². The van der Waals surface area contributed by atoms with Crippen LogP contribution in [0.5, 0.6) is 0 Å². The maximum absolute atomic E-state index is 10.5. The SMILES string of the molecule is CO.CO.O=C([O-])C(F)(F)F.O=C([O-])C(F)(F)F.O=C([O-])C(F)(F)F.O=C([O-])C(F)(F)F.O=O.[N]=O.[N]=O.[Tc].[Tc].c1ccc(P(c2ccccc2)c2ccccn2)cc1.c1ccc(P(c2ccccc2)c2ccccn2)cc1.c1ccc(P(c2ccccc2)c2ccccn2)cc1.c1ccc(P(c2ccccc2)c2ccccn2)cc1. The molecule has 0 aliphatic rings. The van der Waals surface area contributed by atoms with Crippen LogP contribution in [-0.4, -0.2) is 93.0 Å². The second-order valence-electron chi connectivity index (χ2n) is 19.9. The minimum atomic E-state index is -5.19. The molecular weight excluding hydrogens is 1790 g/mol. The van der Waals surface area contributed by atoms with Crippen LogP contribution in [0, 0.1) is 19.7 Å². The standard InChI is InChI=1S/4C17H14NP.4C2HF3O2.2CH4O.2NO.O2.2Tc/c4*1-3-9-15(10-4-1)19(16-11-5-2-6-12-16)17-13-7-8-14-18-17;4*3-2(4,5)1(6)7;5*1-2;;/h4*1-14H;4*(H,6,7);2*2H,1H3;;;;;/p-4. The molecule has 116 heavy (non-hydrogen) atoms. The van der Waals surface area contributed by atoms with Gasteiger partial charge >= 0.3 is 24.7 Å². The number of rotatable bonds is 12. The number of hydrogen-bond donors (Lipinski definition) is 2. The number of aromatic nitrogens is 4. The molecule has 8 aromatic carbocycles. The fourth-order valence-electron chi connectivity index (χ4n) is 8.22. The number of halogens is 12. The van der Waals surface area contributed by atoms with E-state index in [1.54, 1.807) is 0 Å². The Kier molecular flexibility index (Phi) is 58.9. The summed E-state index contributed by atoms with van der Waals surface area (Å²) in [5, 5.41) is 59.8. The molecule has 0 amide bonds. The van der Waals surface area contributed by atoms with Crippen molar-refractivity contribution < 1.29 is 143 Å². The summed E-state index contributed by atoms with van der Waals surface area (Å²) in [7, 11) is -0.228. The van der Waals surface area contributed by atoms with Gasteiger partial charge < -0.3 is 49.8 Å². The van der Waals surface area contributed by atoms with Gasteiger partial charge in [0.05, 0.1) is 21.7 Å². The van der Waals surface area contributed by atoms with E-state index in [-0.39, 0.29) is 40.2 Å². The Labute approximate surface area is 688 Å². The number of aliphatic hydroxyl groups is 2. The number of pyridine rings is 4. The van der Waals surface area contributed by atoms with Crippen LogP contribution >= 0.6 is 31.7 Å². The Morgan fingerprint density at radius 3 is 0.414 bits per heavy atom. The van der Waals surface area contributed by atoms with Gasteiger partial charge in [0.15, 0.2) is 0 Å². The maximum atomic E-state index is 10.5. The van der Waals surface area contributed by atoms with Gasteiger partial charge in [0.25, 0.3) is 0 Å². The molecule has 4 aromatic heterocycles. The first-order valence-corrected chi connectivity index (χ1v) is 36.7. The van der Waals surface area contributed by atoms with Crippen molar-refractivity contribution in [2.45, 2.75) is 24.7 Å². The molecule has 0 fully saturated rings. The van der Waals surface area contributed by atoms with Crippen LogP contribution in [0.4, 0.5) is 52.7 Å². The fraction of sp³-hybridized carbons (Fsp3) is 0.0769. The summed E-state index contributed by atoms with van der Waals surface area (Å²) in [4.78, 5) is 81.9. The average Bonchev–Trinajstić information content (AvgIpc) is 0.838. The van der Waals surface area contributed by atoms with Crippen LogP contribution in [0.2, 0.25) is 0 Å². The summed E-state index contributed by atoms with van der Waals surface area (Å²) < 4.78 is 126. The van der Waals surface area contributed by atoms with Crippen molar-refractivity contribution in [1.82, 2.24) is 31.1 Å². The molecule has 0 spiro atoms. The monoisotopic (exact) mass is 1850 g/mol. The first-order chi connectivity index (χ1) is 54.6. The molecule has 612 valence electrons. The van der Waals surface area contributed by atoms with E-state index in [9.17, 15) is 52.7 Å². The zero-order chi connectivity index (χ0) is 86.0. The van der Waals surface area contributed by atoms with Crippen LogP contribution in [0.1, 0.15) is 0 Å². The third kappa shape index (κ3) is 43.6. The maximum Gasteiger partial charge on any atom is 0.430 e. The van der Waals surface area contributed by atoms with Crippen molar-refractivity contribution >= 4 is 120 Å². The second kappa shape index (κ2) is 62.5. The number of carboxylic acid groups (broad SMARTS) is 4. The Morgan fingerprint density at radius 1 is 0.241 bits per heavy atom. The minimum Gasteiger partial charge on any atom is -0.542 e. The van der Waals surface area contributed by atoms with Crippen LogP contribution in [0.3, 0.4) is 0 Å². The van der Waals surface area contributed by atoms with E-state index in [0.717, 1.165) is 36.0 Å². The Hall–Kier alpha value is -10.9. The summed E-state index contributed by atoms with van der Waals surface area (Å²) in [5.74, 6) is -12.0. The van der Waals surface area contributed by atoms with E-state index in [4.69, 9.17) is 80.7 Å². The summed E-state index contributed by atoms with van der Waals surface area (Å²) in [6, 6.07) is 110. The third-order valence-electron chi connectivity index (χ3n) is 12.6. The van der Waals surface area contributed by atoms with Crippen molar-refractivity contribution in [3.8, 4) is 0 Å². The second-order valence-corrected chi connectivity index (χ2v) is 28.6. The number of aliphatic hydroxyl groups excluding tert-OH is 2. The third-order valence-corrected chi connectivity index (χ3v) is 22.0. The quantitative estimate of drug-likeness (QED) is 0.0923. The molecule has 12 rings (SSSR count). The smallest absolute Gasteiger partial charge is 0.430 e. The molecule has 0 bridgehead atoms. The molecule has 0 unspecified atom stereocenters. The largest absolute Gasteiger partial charge is 0.542 e. The van der Waals surface area contributed by atoms with Gasteiger partial charge in [-0.25, -0.2) is 0 Å². The Bertz CT molecular complexity index is 3540. The van der Waals surface area contributed by atoms with Gasteiger partial charge in [-0.15, -0.1) is 9.81 Å². The van der Waals surface area contributed by atoms with Gasteiger partial charge in [-0.1, -0.05) is 267 Å².